The number of carbonyl (C=O) groups is 1. The Morgan fingerprint density at radius 1 is 1.24 bits per heavy atom. The largest absolute Gasteiger partial charge is 0.481 e. The Balaban J connectivity index is 2.19. The van der Waals surface area contributed by atoms with Crippen LogP contribution < -0.4 is 4.72 Å². The highest BCUT2D eigenvalue weighted by Crippen LogP contribution is 2.24. The Labute approximate surface area is 125 Å². The van der Waals surface area contributed by atoms with E-state index >= 15 is 0 Å². The molecular weight excluding hydrogens is 312 g/mol. The van der Waals surface area contributed by atoms with Gasteiger partial charge in [-0.25, -0.2) is 8.42 Å². The zero-order chi connectivity index (χ0) is 15.5. The van der Waals surface area contributed by atoms with E-state index in [-0.39, 0.29) is 10.6 Å². The molecule has 0 atom stereocenters. The first kappa shape index (κ1) is 15.0. The van der Waals surface area contributed by atoms with Crippen LogP contribution in [0.5, 0.6) is 0 Å². The Kier molecular flexibility index (Phi) is 4.26. The van der Waals surface area contributed by atoms with Gasteiger partial charge in [0.05, 0.1) is 18.1 Å². The van der Waals surface area contributed by atoms with Gasteiger partial charge in [-0.15, -0.1) is 11.3 Å². The summed E-state index contributed by atoms with van der Waals surface area (Å²) in [6.07, 6.45) is -0.211. The number of thiophene rings is 1. The van der Waals surface area contributed by atoms with Gasteiger partial charge in [-0.05, 0) is 36.4 Å². The van der Waals surface area contributed by atoms with Crippen LogP contribution in [0.2, 0.25) is 0 Å². The van der Waals surface area contributed by atoms with Crippen LogP contribution in [-0.2, 0) is 21.2 Å². The first-order valence-corrected chi connectivity index (χ1v) is 8.04. The minimum Gasteiger partial charge on any atom is -0.481 e. The first-order valence-electron chi connectivity index (χ1n) is 5.74. The third kappa shape index (κ3) is 3.81. The molecule has 0 fully saturated rings. The molecule has 0 saturated heterocycles. The van der Waals surface area contributed by atoms with Gasteiger partial charge >= 0.3 is 5.97 Å². The third-order valence-electron chi connectivity index (χ3n) is 2.49. The molecule has 0 aliphatic rings. The molecule has 2 N–H and O–H groups in total. The number of nitrogens with one attached hydrogen (secondary N) is 1. The fraction of sp³-hybridized carbons (Fsp3) is 0.0769. The van der Waals surface area contributed by atoms with Crippen molar-refractivity contribution in [1.82, 2.24) is 0 Å². The van der Waals surface area contributed by atoms with Gasteiger partial charge in [0.25, 0.3) is 10.0 Å². The molecule has 0 spiro atoms. The lowest BCUT2D eigenvalue weighted by molar-refractivity contribution is -0.136. The third-order valence-corrected chi connectivity index (χ3v) is 5.45. The van der Waals surface area contributed by atoms with Crippen LogP contribution in [0.3, 0.4) is 0 Å². The number of carboxylic acid groups (broad SMARTS) is 1. The SMILES string of the molecule is N#Cc1ccc(NS(=O)(=O)c2ccc(CC(=O)O)s2)cc1. The van der Waals surface area contributed by atoms with E-state index in [0.29, 0.717) is 16.1 Å². The predicted octanol–water partition coefficient (Wildman–Crippen LogP) is 2.05. The summed E-state index contributed by atoms with van der Waals surface area (Å²) in [4.78, 5) is 11.1. The van der Waals surface area contributed by atoms with Gasteiger partial charge in [-0.1, -0.05) is 0 Å². The van der Waals surface area contributed by atoms with Crippen LogP contribution in [0.1, 0.15) is 10.4 Å². The van der Waals surface area contributed by atoms with Crippen molar-refractivity contribution in [3.05, 3.63) is 46.8 Å². The summed E-state index contributed by atoms with van der Waals surface area (Å²) >= 11 is 0.911. The summed E-state index contributed by atoms with van der Waals surface area (Å²) in [5.41, 5.74) is 0.764. The van der Waals surface area contributed by atoms with Crippen LogP contribution in [0, 0.1) is 11.3 Å². The van der Waals surface area contributed by atoms with Crippen molar-refractivity contribution in [3.8, 4) is 6.07 Å². The molecule has 0 radical (unpaired) electrons. The average Bonchev–Trinajstić information content (AvgIpc) is 2.88. The smallest absolute Gasteiger partial charge is 0.308 e. The summed E-state index contributed by atoms with van der Waals surface area (Å²) in [5.74, 6) is -1.01. The first-order chi connectivity index (χ1) is 9.90. The van der Waals surface area contributed by atoms with Gasteiger partial charge in [0.15, 0.2) is 0 Å². The summed E-state index contributed by atoms with van der Waals surface area (Å²) in [6, 6.07) is 10.8. The Morgan fingerprint density at radius 2 is 1.90 bits per heavy atom. The topological polar surface area (TPSA) is 107 Å². The molecule has 0 amide bonds. The maximum absolute atomic E-state index is 12.1. The fourth-order valence-corrected chi connectivity index (χ4v) is 3.97. The molecule has 6 nitrogen and oxygen atoms in total. The lowest BCUT2D eigenvalue weighted by Gasteiger charge is -2.05. The van der Waals surface area contributed by atoms with Crippen molar-refractivity contribution in [2.75, 3.05) is 4.72 Å². The number of benzene rings is 1. The van der Waals surface area contributed by atoms with E-state index in [2.05, 4.69) is 4.72 Å². The Bertz CT molecular complexity index is 801. The van der Waals surface area contributed by atoms with Crippen LogP contribution in [-0.4, -0.2) is 19.5 Å². The maximum atomic E-state index is 12.1. The fourth-order valence-electron chi connectivity index (χ4n) is 1.56. The quantitative estimate of drug-likeness (QED) is 0.876. The second kappa shape index (κ2) is 5.95. The van der Waals surface area contributed by atoms with E-state index in [4.69, 9.17) is 10.4 Å². The summed E-state index contributed by atoms with van der Waals surface area (Å²) in [6.45, 7) is 0. The number of carboxylic acids is 1. The van der Waals surface area contributed by atoms with Crippen molar-refractivity contribution in [2.24, 2.45) is 0 Å². The molecule has 0 aliphatic heterocycles. The molecule has 2 aromatic rings. The summed E-state index contributed by atoms with van der Waals surface area (Å²) < 4.78 is 26.7. The molecule has 108 valence electrons. The number of rotatable bonds is 5. The molecule has 0 unspecified atom stereocenters. The Hall–Kier alpha value is -2.37. The highest BCUT2D eigenvalue weighted by atomic mass is 32.2. The minimum atomic E-state index is -3.76. The standard InChI is InChI=1S/C13H10N2O4S2/c14-8-9-1-3-10(4-2-9)15-21(18,19)13-6-5-11(20-13)7-12(16)17/h1-6,15H,7H2,(H,16,17). The van der Waals surface area contributed by atoms with E-state index in [1.807, 2.05) is 6.07 Å². The van der Waals surface area contributed by atoms with Crippen molar-refractivity contribution < 1.29 is 18.3 Å². The van der Waals surface area contributed by atoms with Gasteiger partial charge in [0.1, 0.15) is 4.21 Å². The highest BCUT2D eigenvalue weighted by molar-refractivity contribution is 7.94. The van der Waals surface area contributed by atoms with E-state index in [1.54, 1.807) is 0 Å². The number of anilines is 1. The summed E-state index contributed by atoms with van der Waals surface area (Å²) in [7, 11) is -3.76. The number of hydrogen-bond donors (Lipinski definition) is 2. The van der Waals surface area contributed by atoms with Gasteiger partial charge < -0.3 is 5.11 Å². The van der Waals surface area contributed by atoms with E-state index in [0.717, 1.165) is 11.3 Å². The van der Waals surface area contributed by atoms with Crippen molar-refractivity contribution >= 4 is 33.0 Å². The zero-order valence-electron chi connectivity index (χ0n) is 10.6. The van der Waals surface area contributed by atoms with Crippen LogP contribution in [0.25, 0.3) is 0 Å². The van der Waals surface area contributed by atoms with Crippen LogP contribution in [0.15, 0.2) is 40.6 Å². The molecule has 1 aromatic carbocycles. The molecule has 2 rings (SSSR count). The monoisotopic (exact) mass is 322 g/mol. The molecule has 1 aromatic heterocycles. The number of hydrogen-bond acceptors (Lipinski definition) is 5. The number of sulfonamides is 1. The predicted molar refractivity (Wildman–Crippen MR) is 77.6 cm³/mol. The number of nitriles is 1. The number of aliphatic carboxylic acids is 1. The van der Waals surface area contributed by atoms with Gasteiger partial charge in [0.2, 0.25) is 0 Å². The average molecular weight is 322 g/mol. The van der Waals surface area contributed by atoms with Crippen molar-refractivity contribution in [1.29, 1.82) is 5.26 Å². The molecule has 0 saturated carbocycles. The van der Waals surface area contributed by atoms with Crippen molar-refractivity contribution in [3.63, 3.8) is 0 Å². The molecule has 0 bridgehead atoms. The van der Waals surface area contributed by atoms with Gasteiger partial charge in [-0.2, -0.15) is 5.26 Å². The highest BCUT2D eigenvalue weighted by Gasteiger charge is 2.17. The lowest BCUT2D eigenvalue weighted by Crippen LogP contribution is -2.11. The van der Waals surface area contributed by atoms with E-state index in [1.165, 1.54) is 36.4 Å². The normalized spacial score (nSPS) is 10.8. The molecule has 21 heavy (non-hydrogen) atoms. The molecular formula is C13H10N2O4S2. The minimum absolute atomic E-state index is 0.0445. The van der Waals surface area contributed by atoms with Gasteiger partial charge in [-0.3, -0.25) is 9.52 Å². The lowest BCUT2D eigenvalue weighted by atomic mass is 10.2. The van der Waals surface area contributed by atoms with Crippen LogP contribution >= 0.6 is 11.3 Å². The number of nitrogens with zero attached hydrogens (tertiary/aromatic N) is 1. The van der Waals surface area contributed by atoms with Gasteiger partial charge in [0, 0.05) is 10.6 Å². The maximum Gasteiger partial charge on any atom is 0.308 e. The second-order valence-electron chi connectivity index (χ2n) is 4.09. The second-order valence-corrected chi connectivity index (χ2v) is 7.16. The molecule has 8 heteroatoms. The van der Waals surface area contributed by atoms with E-state index < -0.39 is 16.0 Å². The van der Waals surface area contributed by atoms with Crippen LogP contribution in [0.4, 0.5) is 5.69 Å². The molecule has 1 heterocycles. The zero-order valence-corrected chi connectivity index (χ0v) is 12.2. The Morgan fingerprint density at radius 3 is 2.48 bits per heavy atom. The van der Waals surface area contributed by atoms with E-state index in [9.17, 15) is 13.2 Å². The van der Waals surface area contributed by atoms with Crippen molar-refractivity contribution in [2.45, 2.75) is 10.6 Å². The summed E-state index contributed by atoms with van der Waals surface area (Å²) in [5, 5.41) is 17.4. The molecule has 0 aliphatic carbocycles.